The number of aryl methyl sites for hydroxylation is 1. The second-order valence-corrected chi connectivity index (χ2v) is 9.86. The third kappa shape index (κ3) is 6.27. The van der Waals surface area contributed by atoms with Gasteiger partial charge in [-0.2, -0.15) is 0 Å². The van der Waals surface area contributed by atoms with Crippen molar-refractivity contribution in [1.29, 1.82) is 0 Å². The minimum atomic E-state index is -0.695. The van der Waals surface area contributed by atoms with Gasteiger partial charge in [-0.1, -0.05) is 110 Å². The molecule has 4 aromatic carbocycles. The fourth-order valence-electron chi connectivity index (χ4n) is 5.15. The SMILES string of the molecule is C=C1Nc2ccccc2C(=O)N(C(CCc2ccccc2)C(=O)NCc2ccccc2)C1Cc1ccccc1. The Kier molecular flexibility index (Phi) is 8.18. The molecular formula is C34H33N3O2. The minimum absolute atomic E-state index is 0.173. The first kappa shape index (κ1) is 26.0. The van der Waals surface area contributed by atoms with Crippen LogP contribution in [0.25, 0.3) is 0 Å². The number of rotatable bonds is 9. The van der Waals surface area contributed by atoms with Crippen LogP contribution < -0.4 is 10.6 Å². The van der Waals surface area contributed by atoms with Crippen LogP contribution in [0.15, 0.2) is 128 Å². The molecule has 0 aromatic heterocycles. The van der Waals surface area contributed by atoms with Gasteiger partial charge in [-0.3, -0.25) is 9.59 Å². The van der Waals surface area contributed by atoms with Gasteiger partial charge in [0.1, 0.15) is 6.04 Å². The van der Waals surface area contributed by atoms with Crippen molar-refractivity contribution in [3.8, 4) is 0 Å². The van der Waals surface area contributed by atoms with Gasteiger partial charge >= 0.3 is 0 Å². The van der Waals surface area contributed by atoms with Gasteiger partial charge in [0.2, 0.25) is 5.91 Å². The number of fused-ring (bicyclic) bond motifs is 1. The molecule has 1 heterocycles. The molecule has 0 saturated carbocycles. The number of amides is 2. The van der Waals surface area contributed by atoms with E-state index in [0.717, 1.165) is 16.7 Å². The Morgan fingerprint density at radius 2 is 1.36 bits per heavy atom. The second kappa shape index (κ2) is 12.3. The maximum Gasteiger partial charge on any atom is 0.257 e. The highest BCUT2D eigenvalue weighted by molar-refractivity contribution is 6.03. The van der Waals surface area contributed by atoms with Crippen LogP contribution in [0.3, 0.4) is 0 Å². The molecule has 5 rings (SSSR count). The lowest BCUT2D eigenvalue weighted by atomic mass is 9.96. The average Bonchev–Trinajstić information content (AvgIpc) is 3.08. The van der Waals surface area contributed by atoms with E-state index in [1.807, 2.05) is 103 Å². The molecule has 2 N–H and O–H groups in total. The molecular weight excluding hydrogens is 482 g/mol. The smallest absolute Gasteiger partial charge is 0.257 e. The van der Waals surface area contributed by atoms with Crippen molar-refractivity contribution in [3.05, 3.63) is 150 Å². The average molecular weight is 516 g/mol. The minimum Gasteiger partial charge on any atom is -0.357 e. The molecule has 0 saturated heterocycles. The Hall–Kier alpha value is -4.64. The summed E-state index contributed by atoms with van der Waals surface area (Å²) in [6.45, 7) is 4.74. The predicted molar refractivity (Wildman–Crippen MR) is 156 cm³/mol. The largest absolute Gasteiger partial charge is 0.357 e. The molecule has 5 nitrogen and oxygen atoms in total. The third-order valence-corrected chi connectivity index (χ3v) is 7.19. The molecule has 1 aliphatic heterocycles. The van der Waals surface area contributed by atoms with Gasteiger partial charge in [0.05, 0.1) is 17.3 Å². The van der Waals surface area contributed by atoms with Crippen LogP contribution in [0.1, 0.15) is 33.5 Å². The van der Waals surface area contributed by atoms with Crippen LogP contribution >= 0.6 is 0 Å². The zero-order chi connectivity index (χ0) is 27.0. The molecule has 196 valence electrons. The lowest BCUT2D eigenvalue weighted by Gasteiger charge is -2.37. The van der Waals surface area contributed by atoms with Gasteiger partial charge in [-0.15, -0.1) is 0 Å². The van der Waals surface area contributed by atoms with Crippen molar-refractivity contribution in [2.45, 2.75) is 37.9 Å². The Bertz CT molecular complexity index is 1420. The van der Waals surface area contributed by atoms with E-state index < -0.39 is 12.1 Å². The van der Waals surface area contributed by atoms with E-state index >= 15 is 0 Å². The summed E-state index contributed by atoms with van der Waals surface area (Å²) < 4.78 is 0. The Morgan fingerprint density at radius 3 is 2.03 bits per heavy atom. The number of hydrogen-bond acceptors (Lipinski definition) is 3. The van der Waals surface area contributed by atoms with Crippen molar-refractivity contribution < 1.29 is 9.59 Å². The standard InChI is InChI=1S/C34H33N3O2/c1-25-32(23-27-15-7-3-8-16-27)37(34(39)29-19-11-12-20-30(29)36-25)31(22-21-26-13-5-2-6-14-26)33(38)35-24-28-17-9-4-10-18-28/h2-20,31-32,36H,1,21-24H2,(H,35,38). The highest BCUT2D eigenvalue weighted by atomic mass is 16.2. The van der Waals surface area contributed by atoms with Crippen LogP contribution in [-0.4, -0.2) is 28.8 Å². The maximum absolute atomic E-state index is 14.3. The van der Waals surface area contributed by atoms with E-state index in [4.69, 9.17) is 0 Å². The summed E-state index contributed by atoms with van der Waals surface area (Å²) in [4.78, 5) is 30.0. The van der Waals surface area contributed by atoms with Crippen molar-refractivity contribution in [2.75, 3.05) is 5.32 Å². The summed E-state index contributed by atoms with van der Waals surface area (Å²) in [7, 11) is 0. The van der Waals surface area contributed by atoms with Crippen molar-refractivity contribution in [3.63, 3.8) is 0 Å². The van der Waals surface area contributed by atoms with Crippen molar-refractivity contribution in [1.82, 2.24) is 10.2 Å². The number of hydrogen-bond donors (Lipinski definition) is 2. The molecule has 0 bridgehead atoms. The highest BCUT2D eigenvalue weighted by Gasteiger charge is 2.39. The number of carbonyl (C=O) groups excluding carboxylic acids is 2. The van der Waals surface area contributed by atoms with Gasteiger partial charge in [-0.25, -0.2) is 0 Å². The predicted octanol–water partition coefficient (Wildman–Crippen LogP) is 6.00. The Morgan fingerprint density at radius 1 is 0.795 bits per heavy atom. The highest BCUT2D eigenvalue weighted by Crippen LogP contribution is 2.31. The van der Waals surface area contributed by atoms with E-state index in [9.17, 15) is 9.59 Å². The lowest BCUT2D eigenvalue weighted by Crippen LogP contribution is -2.55. The zero-order valence-corrected chi connectivity index (χ0v) is 21.9. The molecule has 5 heteroatoms. The third-order valence-electron chi connectivity index (χ3n) is 7.19. The fraction of sp³-hybridized carbons (Fsp3) is 0.176. The first-order valence-electron chi connectivity index (χ1n) is 13.4. The van der Waals surface area contributed by atoms with E-state index in [2.05, 4.69) is 29.3 Å². The molecule has 2 atom stereocenters. The van der Waals surface area contributed by atoms with E-state index in [1.165, 1.54) is 0 Å². The van der Waals surface area contributed by atoms with Gasteiger partial charge < -0.3 is 15.5 Å². The molecule has 0 spiro atoms. The number of nitrogens with zero attached hydrogens (tertiary/aromatic N) is 1. The van der Waals surface area contributed by atoms with Crippen LogP contribution in [0.2, 0.25) is 0 Å². The molecule has 2 amide bonds. The summed E-state index contributed by atoms with van der Waals surface area (Å²) >= 11 is 0. The zero-order valence-electron chi connectivity index (χ0n) is 21.9. The van der Waals surface area contributed by atoms with Crippen molar-refractivity contribution >= 4 is 17.5 Å². The Balaban J connectivity index is 1.52. The molecule has 39 heavy (non-hydrogen) atoms. The second-order valence-electron chi connectivity index (χ2n) is 9.86. The Labute approximate surface area is 230 Å². The molecule has 4 aromatic rings. The van der Waals surface area contributed by atoms with Gasteiger partial charge in [0, 0.05) is 12.2 Å². The van der Waals surface area contributed by atoms with Crippen LogP contribution in [0.5, 0.6) is 0 Å². The molecule has 0 aliphatic carbocycles. The summed E-state index contributed by atoms with van der Waals surface area (Å²) in [6.07, 6.45) is 1.69. The number of anilines is 1. The topological polar surface area (TPSA) is 61.4 Å². The molecule has 2 unspecified atom stereocenters. The van der Waals surface area contributed by atoms with E-state index in [1.54, 1.807) is 4.90 Å². The summed E-state index contributed by atoms with van der Waals surface area (Å²) in [6, 6.07) is 36.3. The quantitative estimate of drug-likeness (QED) is 0.288. The van der Waals surface area contributed by atoms with Gasteiger partial charge in [0.25, 0.3) is 5.91 Å². The molecule has 1 aliphatic rings. The number of para-hydroxylation sites is 1. The number of carbonyl (C=O) groups is 2. The number of nitrogens with one attached hydrogen (secondary N) is 2. The maximum atomic E-state index is 14.3. The van der Waals surface area contributed by atoms with Crippen molar-refractivity contribution in [2.24, 2.45) is 0 Å². The molecule has 0 radical (unpaired) electrons. The van der Waals surface area contributed by atoms with Crippen LogP contribution in [0.4, 0.5) is 5.69 Å². The molecule has 0 fully saturated rings. The number of benzene rings is 4. The summed E-state index contributed by atoms with van der Waals surface area (Å²) in [5.74, 6) is -0.348. The normalized spacial score (nSPS) is 15.6. The van der Waals surface area contributed by atoms with Crippen LogP contribution in [-0.2, 0) is 24.2 Å². The van der Waals surface area contributed by atoms with Gasteiger partial charge in [0.15, 0.2) is 0 Å². The summed E-state index contributed by atoms with van der Waals surface area (Å²) in [5, 5.41) is 6.50. The van der Waals surface area contributed by atoms with E-state index in [-0.39, 0.29) is 11.8 Å². The first-order chi connectivity index (χ1) is 19.1. The summed E-state index contributed by atoms with van der Waals surface area (Å²) in [5.41, 5.74) is 5.14. The monoisotopic (exact) mass is 515 g/mol. The first-order valence-corrected chi connectivity index (χ1v) is 13.4. The van der Waals surface area contributed by atoms with E-state index in [0.29, 0.717) is 42.8 Å². The fourth-order valence-corrected chi connectivity index (χ4v) is 5.15. The lowest BCUT2D eigenvalue weighted by molar-refractivity contribution is -0.126. The van der Waals surface area contributed by atoms with Crippen LogP contribution in [0, 0.1) is 0 Å². The van der Waals surface area contributed by atoms with Gasteiger partial charge in [-0.05, 0) is 48.1 Å².